The molecule has 0 saturated carbocycles. The molecule has 0 aliphatic heterocycles. The molecule has 0 aliphatic rings. The van der Waals surface area contributed by atoms with Crippen LogP contribution in [0.5, 0.6) is 0 Å². The quantitative estimate of drug-likeness (QED) is 0.330. The SMILES string of the molecule is C=C(COCC(=O)N/N=C/c1ccc(C(C)C)cc1)N/N=C/c1ccc(C(C)=O)cc1. The van der Waals surface area contributed by atoms with Gasteiger partial charge >= 0.3 is 0 Å². The van der Waals surface area contributed by atoms with Crippen molar-refractivity contribution in [2.24, 2.45) is 10.2 Å². The van der Waals surface area contributed by atoms with Crippen molar-refractivity contribution in [1.82, 2.24) is 10.9 Å². The molecule has 7 nitrogen and oxygen atoms in total. The first kappa shape index (κ1) is 23.7. The molecule has 2 aromatic carbocycles. The molecule has 2 N–H and O–H groups in total. The smallest absolute Gasteiger partial charge is 0.266 e. The van der Waals surface area contributed by atoms with Gasteiger partial charge in [-0.25, -0.2) is 5.43 Å². The summed E-state index contributed by atoms with van der Waals surface area (Å²) in [5.74, 6) is 0.121. The van der Waals surface area contributed by atoms with Crippen LogP contribution in [0.1, 0.15) is 53.7 Å². The van der Waals surface area contributed by atoms with Crippen LogP contribution in [0.15, 0.2) is 71.0 Å². The lowest BCUT2D eigenvalue weighted by molar-refractivity contribution is -0.125. The maximum Gasteiger partial charge on any atom is 0.266 e. The molecule has 31 heavy (non-hydrogen) atoms. The fourth-order valence-electron chi connectivity index (χ4n) is 2.48. The highest BCUT2D eigenvalue weighted by molar-refractivity contribution is 5.94. The number of Topliss-reactive ketones (excluding diaryl/α,β-unsaturated/α-hetero) is 1. The molecule has 0 radical (unpaired) electrons. The lowest BCUT2D eigenvalue weighted by atomic mass is 10.0. The lowest BCUT2D eigenvalue weighted by Crippen LogP contribution is -2.24. The third-order valence-corrected chi connectivity index (χ3v) is 4.27. The fraction of sp³-hybridized carbons (Fsp3) is 0.250. The van der Waals surface area contributed by atoms with Crippen molar-refractivity contribution in [2.75, 3.05) is 13.2 Å². The molecule has 0 bridgehead atoms. The van der Waals surface area contributed by atoms with Crippen LogP contribution in [-0.4, -0.2) is 37.3 Å². The Morgan fingerprint density at radius 3 is 2.03 bits per heavy atom. The predicted molar refractivity (Wildman–Crippen MR) is 123 cm³/mol. The average Bonchev–Trinajstić information content (AvgIpc) is 2.74. The predicted octanol–water partition coefficient (Wildman–Crippen LogP) is 3.62. The van der Waals surface area contributed by atoms with Crippen molar-refractivity contribution in [3.8, 4) is 0 Å². The van der Waals surface area contributed by atoms with E-state index in [1.807, 2.05) is 24.3 Å². The van der Waals surface area contributed by atoms with Crippen LogP contribution in [0.3, 0.4) is 0 Å². The zero-order valence-electron chi connectivity index (χ0n) is 18.1. The van der Waals surface area contributed by atoms with Gasteiger partial charge in [-0.1, -0.05) is 69.0 Å². The van der Waals surface area contributed by atoms with Crippen LogP contribution >= 0.6 is 0 Å². The minimum absolute atomic E-state index is 0.0159. The second kappa shape index (κ2) is 12.2. The Kier molecular flexibility index (Phi) is 9.32. The summed E-state index contributed by atoms with van der Waals surface area (Å²) < 4.78 is 5.29. The van der Waals surface area contributed by atoms with Gasteiger partial charge in [-0.05, 0) is 29.5 Å². The third kappa shape index (κ3) is 8.76. The van der Waals surface area contributed by atoms with Crippen LogP contribution in [0.4, 0.5) is 0 Å². The highest BCUT2D eigenvalue weighted by Crippen LogP contribution is 2.13. The molecule has 0 aliphatic carbocycles. The van der Waals surface area contributed by atoms with E-state index in [1.165, 1.54) is 12.5 Å². The van der Waals surface area contributed by atoms with E-state index in [9.17, 15) is 9.59 Å². The van der Waals surface area contributed by atoms with E-state index >= 15 is 0 Å². The van der Waals surface area contributed by atoms with Gasteiger partial charge in [0.1, 0.15) is 6.61 Å². The Morgan fingerprint density at radius 1 is 0.935 bits per heavy atom. The lowest BCUT2D eigenvalue weighted by Gasteiger charge is -2.06. The summed E-state index contributed by atoms with van der Waals surface area (Å²) in [5, 5.41) is 7.98. The van der Waals surface area contributed by atoms with Gasteiger partial charge in [0, 0.05) is 5.56 Å². The summed E-state index contributed by atoms with van der Waals surface area (Å²) in [6, 6.07) is 15.1. The first-order chi connectivity index (χ1) is 14.8. The maximum atomic E-state index is 11.8. The molecule has 2 aromatic rings. The van der Waals surface area contributed by atoms with Crippen molar-refractivity contribution in [3.63, 3.8) is 0 Å². The Hall–Kier alpha value is -3.58. The number of ether oxygens (including phenoxy) is 1. The average molecular weight is 421 g/mol. The normalized spacial score (nSPS) is 11.2. The van der Waals surface area contributed by atoms with Gasteiger partial charge in [-0.15, -0.1) is 0 Å². The van der Waals surface area contributed by atoms with Gasteiger partial charge in [0.25, 0.3) is 5.91 Å². The number of carbonyl (C=O) groups is 2. The zero-order chi connectivity index (χ0) is 22.6. The van der Waals surface area contributed by atoms with Gasteiger partial charge in [-0.2, -0.15) is 10.2 Å². The van der Waals surface area contributed by atoms with E-state index in [-0.39, 0.29) is 24.9 Å². The van der Waals surface area contributed by atoms with E-state index < -0.39 is 0 Å². The van der Waals surface area contributed by atoms with Crippen LogP contribution in [0.2, 0.25) is 0 Å². The largest absolute Gasteiger partial charge is 0.365 e. The molecule has 0 unspecified atom stereocenters. The molecule has 0 saturated heterocycles. The second-order valence-corrected chi connectivity index (χ2v) is 7.26. The van der Waals surface area contributed by atoms with E-state index in [0.717, 1.165) is 11.1 Å². The summed E-state index contributed by atoms with van der Waals surface area (Å²) in [7, 11) is 0. The number of carbonyl (C=O) groups excluding carboxylic acids is 2. The molecule has 0 fully saturated rings. The molecule has 1 amide bonds. The summed E-state index contributed by atoms with van der Waals surface area (Å²) in [4.78, 5) is 23.0. The molecular formula is C24H28N4O3. The van der Waals surface area contributed by atoms with Crippen molar-refractivity contribution in [3.05, 3.63) is 83.1 Å². The monoisotopic (exact) mass is 420 g/mol. The summed E-state index contributed by atoms with van der Waals surface area (Å²) in [6.07, 6.45) is 3.18. The molecule has 7 heteroatoms. The molecule has 0 spiro atoms. The van der Waals surface area contributed by atoms with Crippen molar-refractivity contribution in [2.45, 2.75) is 26.7 Å². The first-order valence-corrected chi connectivity index (χ1v) is 9.92. The van der Waals surface area contributed by atoms with E-state index in [2.05, 4.69) is 41.5 Å². The van der Waals surface area contributed by atoms with Crippen LogP contribution in [0, 0.1) is 0 Å². The minimum atomic E-state index is -0.364. The molecular weight excluding hydrogens is 392 g/mol. The van der Waals surface area contributed by atoms with Gasteiger partial charge in [0.15, 0.2) is 5.78 Å². The Bertz CT molecular complexity index is 946. The number of hydrogen-bond donors (Lipinski definition) is 2. The topological polar surface area (TPSA) is 92.2 Å². The van der Waals surface area contributed by atoms with Gasteiger partial charge < -0.3 is 4.74 Å². The highest BCUT2D eigenvalue weighted by atomic mass is 16.5. The van der Waals surface area contributed by atoms with Gasteiger partial charge in [0.05, 0.1) is 24.7 Å². The second-order valence-electron chi connectivity index (χ2n) is 7.26. The summed E-state index contributed by atoms with van der Waals surface area (Å²) in [5.41, 5.74) is 9.29. The minimum Gasteiger partial charge on any atom is -0.365 e. The molecule has 0 heterocycles. The first-order valence-electron chi connectivity index (χ1n) is 9.92. The molecule has 2 rings (SSSR count). The highest BCUT2D eigenvalue weighted by Gasteiger charge is 2.01. The van der Waals surface area contributed by atoms with Crippen molar-refractivity contribution >= 4 is 24.1 Å². The molecule has 0 atom stereocenters. The Balaban J connectivity index is 1.64. The number of hydrogen-bond acceptors (Lipinski definition) is 6. The number of hydrazone groups is 2. The van der Waals surface area contributed by atoms with Gasteiger partial charge in [0.2, 0.25) is 0 Å². The number of nitrogens with one attached hydrogen (secondary N) is 2. The van der Waals surface area contributed by atoms with Crippen LogP contribution < -0.4 is 10.9 Å². The number of ketones is 1. The third-order valence-electron chi connectivity index (χ3n) is 4.27. The summed E-state index contributed by atoms with van der Waals surface area (Å²) in [6.45, 7) is 9.54. The number of rotatable bonds is 11. The Labute approximate surface area is 182 Å². The number of amides is 1. The van der Waals surface area contributed by atoms with Crippen molar-refractivity contribution in [1.29, 1.82) is 0 Å². The van der Waals surface area contributed by atoms with E-state index in [4.69, 9.17) is 4.74 Å². The van der Waals surface area contributed by atoms with Crippen LogP contribution in [0.25, 0.3) is 0 Å². The fourth-order valence-corrected chi connectivity index (χ4v) is 2.48. The van der Waals surface area contributed by atoms with Crippen molar-refractivity contribution < 1.29 is 14.3 Å². The van der Waals surface area contributed by atoms with E-state index in [0.29, 0.717) is 17.2 Å². The van der Waals surface area contributed by atoms with Gasteiger partial charge in [-0.3, -0.25) is 15.0 Å². The molecule has 162 valence electrons. The number of nitrogens with zero attached hydrogens (tertiary/aromatic N) is 2. The zero-order valence-corrected chi connectivity index (χ0v) is 18.1. The molecule has 0 aromatic heterocycles. The van der Waals surface area contributed by atoms with E-state index in [1.54, 1.807) is 36.7 Å². The number of benzene rings is 2. The standard InChI is InChI=1S/C24H28N4O3/c1-17(2)22-9-5-20(6-10-22)14-26-28-24(30)16-31-15-18(3)27-25-13-21-7-11-23(12-8-21)19(4)29/h5-14,17,27H,3,15-16H2,1-2,4H3,(H,28,30)/b25-13+,26-14+. The van der Waals surface area contributed by atoms with Crippen LogP contribution in [-0.2, 0) is 9.53 Å². The Morgan fingerprint density at radius 2 is 1.48 bits per heavy atom. The maximum absolute atomic E-state index is 11.8. The summed E-state index contributed by atoms with van der Waals surface area (Å²) >= 11 is 0.